The molecule has 13 nitrogen and oxygen atoms in total. The molecule has 0 aliphatic carbocycles. The van der Waals surface area contributed by atoms with Crippen LogP contribution in [-0.2, 0) is 35.0 Å². The first-order valence-corrected chi connectivity index (χ1v) is 11.4. The number of phenols is 2. The third kappa shape index (κ3) is 6.57. The summed E-state index contributed by atoms with van der Waals surface area (Å²) in [5.41, 5.74) is 0.557. The van der Waals surface area contributed by atoms with Crippen LogP contribution in [0.15, 0.2) is 41.7 Å². The molecule has 1 fully saturated rings. The number of ether oxygens (including phenoxy) is 4. The maximum absolute atomic E-state index is 12.6. The van der Waals surface area contributed by atoms with E-state index in [9.17, 15) is 45.3 Å². The predicted molar refractivity (Wildman–Crippen MR) is 122 cm³/mol. The molecule has 0 radical (unpaired) electrons. The Kier molecular flexibility index (Phi) is 9.48. The minimum Gasteiger partial charge on any atom is -0.504 e. The zero-order chi connectivity index (χ0) is 27.3. The second-order valence-electron chi connectivity index (χ2n) is 8.52. The molecule has 13 heteroatoms. The first-order valence-electron chi connectivity index (χ1n) is 11.4. The van der Waals surface area contributed by atoms with Gasteiger partial charge in [-0.05, 0) is 24.6 Å². The van der Waals surface area contributed by atoms with Gasteiger partial charge in [-0.3, -0.25) is 4.79 Å². The highest BCUT2D eigenvalue weighted by Crippen LogP contribution is 2.36. The molecule has 0 spiro atoms. The lowest BCUT2D eigenvalue weighted by Gasteiger charge is -2.41. The van der Waals surface area contributed by atoms with Crippen LogP contribution < -0.4 is 0 Å². The maximum Gasteiger partial charge on any atom is 0.335 e. The Bertz CT molecular complexity index is 1030. The Morgan fingerprint density at radius 2 is 1.81 bits per heavy atom. The summed E-state index contributed by atoms with van der Waals surface area (Å²) < 4.78 is 21.6. The number of phenolic OH excluding ortho intramolecular Hbond substituents is 2. The topological polar surface area (TPSA) is 213 Å². The highest BCUT2D eigenvalue weighted by Gasteiger charge is 2.46. The van der Waals surface area contributed by atoms with Gasteiger partial charge in [-0.1, -0.05) is 12.1 Å². The zero-order valence-electron chi connectivity index (χ0n) is 19.8. The number of carboxylic acid groups (broad SMARTS) is 1. The third-order valence-corrected chi connectivity index (χ3v) is 6.12. The molecule has 0 bridgehead atoms. The van der Waals surface area contributed by atoms with Crippen LogP contribution in [0, 0.1) is 5.92 Å². The number of carbonyl (C=O) groups excluding carboxylic acids is 1. The van der Waals surface area contributed by atoms with Crippen molar-refractivity contribution in [1.82, 2.24) is 0 Å². The van der Waals surface area contributed by atoms with Crippen molar-refractivity contribution in [3.8, 4) is 11.5 Å². The molecule has 7 atom stereocenters. The summed E-state index contributed by atoms with van der Waals surface area (Å²) in [7, 11) is 0. The molecule has 1 aromatic carbocycles. The summed E-state index contributed by atoms with van der Waals surface area (Å²) >= 11 is 0. The molecule has 2 aliphatic rings. The number of rotatable bonds is 9. The van der Waals surface area contributed by atoms with Crippen molar-refractivity contribution < 1.29 is 64.3 Å². The average Bonchev–Trinajstić information content (AvgIpc) is 2.86. The third-order valence-electron chi connectivity index (χ3n) is 6.12. The van der Waals surface area contributed by atoms with Gasteiger partial charge in [0.25, 0.3) is 0 Å². The van der Waals surface area contributed by atoms with Gasteiger partial charge in [-0.2, -0.15) is 0 Å². The summed E-state index contributed by atoms with van der Waals surface area (Å²) in [4.78, 5) is 24.4. The van der Waals surface area contributed by atoms with E-state index < -0.39 is 67.9 Å². The number of aliphatic carboxylic acids is 1. The fourth-order valence-corrected chi connectivity index (χ4v) is 4.05. The van der Waals surface area contributed by atoms with Crippen molar-refractivity contribution in [2.45, 2.75) is 56.8 Å². The first kappa shape index (κ1) is 28.4. The smallest absolute Gasteiger partial charge is 0.335 e. The molecule has 0 saturated carbocycles. The van der Waals surface area contributed by atoms with Gasteiger partial charge < -0.3 is 54.7 Å². The van der Waals surface area contributed by atoms with E-state index in [1.165, 1.54) is 18.2 Å². The second kappa shape index (κ2) is 12.4. The number of esters is 1. The summed E-state index contributed by atoms with van der Waals surface area (Å²) in [6.07, 6.45) is -6.90. The van der Waals surface area contributed by atoms with Crippen LogP contribution >= 0.6 is 0 Å². The molecule has 3 rings (SSSR count). The molecule has 0 aromatic heterocycles. The monoisotopic (exact) mass is 526 g/mol. The molecule has 7 N–H and O–H groups in total. The first-order chi connectivity index (χ1) is 17.6. The molecule has 37 heavy (non-hydrogen) atoms. The Labute approximate surface area is 211 Å². The largest absolute Gasteiger partial charge is 0.504 e. The molecule has 1 saturated heterocycles. The summed E-state index contributed by atoms with van der Waals surface area (Å²) in [5, 5.41) is 68.1. The van der Waals surface area contributed by atoms with Crippen molar-refractivity contribution in [2.24, 2.45) is 5.92 Å². The van der Waals surface area contributed by atoms with E-state index in [1.807, 2.05) is 0 Å². The number of aliphatic hydroxyl groups excluding tert-OH is 4. The minimum absolute atomic E-state index is 0.0750. The van der Waals surface area contributed by atoms with Crippen molar-refractivity contribution in [2.75, 3.05) is 13.2 Å². The number of hydrogen-bond acceptors (Lipinski definition) is 12. The van der Waals surface area contributed by atoms with Crippen LogP contribution in [0.25, 0.3) is 0 Å². The van der Waals surface area contributed by atoms with Crippen molar-refractivity contribution in [1.29, 1.82) is 0 Å². The SMILES string of the molecule is CC=C1C(O[C@@H]2O[C@H](CO)[C@@H](O)[C@@H](O)[C@@H]2O)OC=C(C(=O)O)[C@H]1CC(=O)OCCc1ccc(O)c(O)c1. The van der Waals surface area contributed by atoms with Gasteiger partial charge in [0.15, 0.2) is 17.8 Å². The van der Waals surface area contributed by atoms with Gasteiger partial charge in [0.2, 0.25) is 6.29 Å². The number of allylic oxidation sites excluding steroid dienone is 1. The molecule has 2 aliphatic heterocycles. The number of hydrogen-bond donors (Lipinski definition) is 7. The fourth-order valence-electron chi connectivity index (χ4n) is 4.05. The van der Waals surface area contributed by atoms with Crippen LogP contribution in [0.2, 0.25) is 0 Å². The predicted octanol–water partition coefficient (Wildman–Crippen LogP) is -0.723. The number of carboxylic acids is 1. The van der Waals surface area contributed by atoms with E-state index in [0.29, 0.717) is 5.56 Å². The Morgan fingerprint density at radius 3 is 2.43 bits per heavy atom. The van der Waals surface area contributed by atoms with Crippen LogP contribution in [0.5, 0.6) is 11.5 Å². The van der Waals surface area contributed by atoms with Gasteiger partial charge in [0.1, 0.15) is 24.4 Å². The lowest BCUT2D eigenvalue weighted by atomic mass is 9.86. The van der Waals surface area contributed by atoms with E-state index in [-0.39, 0.29) is 35.7 Å². The van der Waals surface area contributed by atoms with E-state index in [2.05, 4.69) is 0 Å². The lowest BCUT2D eigenvalue weighted by molar-refractivity contribution is -0.327. The molecule has 1 unspecified atom stereocenters. The molecule has 1 aromatic rings. The van der Waals surface area contributed by atoms with E-state index in [0.717, 1.165) is 6.26 Å². The van der Waals surface area contributed by atoms with Gasteiger partial charge in [0, 0.05) is 17.9 Å². The van der Waals surface area contributed by atoms with Crippen LogP contribution in [0.4, 0.5) is 0 Å². The lowest BCUT2D eigenvalue weighted by Crippen LogP contribution is -2.60. The second-order valence-corrected chi connectivity index (χ2v) is 8.52. The normalized spacial score (nSPS) is 30.9. The summed E-state index contributed by atoms with van der Waals surface area (Å²) in [6, 6.07) is 4.17. The van der Waals surface area contributed by atoms with E-state index >= 15 is 0 Å². The Balaban J connectivity index is 1.68. The maximum atomic E-state index is 12.6. The molecule has 2 heterocycles. The number of carbonyl (C=O) groups is 2. The fraction of sp³-hybridized carbons (Fsp3) is 0.500. The summed E-state index contributed by atoms with van der Waals surface area (Å²) in [6.45, 7) is 0.811. The number of benzene rings is 1. The van der Waals surface area contributed by atoms with Crippen molar-refractivity contribution >= 4 is 11.9 Å². The average molecular weight is 526 g/mol. The van der Waals surface area contributed by atoms with Gasteiger partial charge in [-0.15, -0.1) is 0 Å². The van der Waals surface area contributed by atoms with Crippen molar-refractivity contribution in [3.63, 3.8) is 0 Å². The quantitative estimate of drug-likeness (QED) is 0.120. The highest BCUT2D eigenvalue weighted by atomic mass is 16.8. The van der Waals surface area contributed by atoms with Gasteiger partial charge in [0.05, 0.1) is 31.5 Å². The standard InChI is InChI=1S/C24H30O13/c1-2-12-13(8-18(28)34-6-5-11-3-4-15(26)16(27)7-11)14(22(32)33)10-35-23(12)37-24-21(31)20(30)19(29)17(9-25)36-24/h2-4,7,10,13,17,19-21,23-27,29-31H,5-6,8-9H2,1H3,(H,32,33)/t13-,17+,19+,20+,21-,23?,24-/m0/s1. The minimum atomic E-state index is -1.72. The highest BCUT2D eigenvalue weighted by molar-refractivity contribution is 5.89. The van der Waals surface area contributed by atoms with E-state index in [1.54, 1.807) is 13.0 Å². The molecular weight excluding hydrogens is 496 g/mol. The van der Waals surface area contributed by atoms with Gasteiger partial charge in [-0.25, -0.2) is 4.79 Å². The van der Waals surface area contributed by atoms with Crippen LogP contribution in [0.3, 0.4) is 0 Å². The van der Waals surface area contributed by atoms with Crippen LogP contribution in [0.1, 0.15) is 18.9 Å². The molecule has 204 valence electrons. The van der Waals surface area contributed by atoms with E-state index in [4.69, 9.17) is 18.9 Å². The van der Waals surface area contributed by atoms with Gasteiger partial charge >= 0.3 is 11.9 Å². The Morgan fingerprint density at radius 1 is 1.08 bits per heavy atom. The van der Waals surface area contributed by atoms with Crippen molar-refractivity contribution in [3.05, 3.63) is 47.2 Å². The zero-order valence-corrected chi connectivity index (χ0v) is 19.8. The Hall–Kier alpha value is -3.20. The summed E-state index contributed by atoms with van der Waals surface area (Å²) in [5.74, 6) is -3.70. The number of aliphatic hydroxyl groups is 4. The molecular formula is C24H30O13. The molecule has 0 amide bonds. The van der Waals surface area contributed by atoms with Crippen LogP contribution in [-0.4, -0.2) is 97.9 Å². The number of aromatic hydroxyl groups is 2.